The molecule has 2 aliphatic carbocycles. The van der Waals surface area contributed by atoms with E-state index in [-0.39, 0.29) is 11.6 Å². The maximum Gasteiger partial charge on any atom is 0.131 e. The second-order valence-electron chi connectivity index (χ2n) is 9.75. The van der Waals surface area contributed by atoms with Crippen LogP contribution in [0.3, 0.4) is 0 Å². The zero-order valence-electron chi connectivity index (χ0n) is 17.9. The van der Waals surface area contributed by atoms with Crippen molar-refractivity contribution in [3.8, 4) is 0 Å². The van der Waals surface area contributed by atoms with Crippen molar-refractivity contribution in [3.63, 3.8) is 0 Å². The van der Waals surface area contributed by atoms with Gasteiger partial charge in [0, 0.05) is 5.39 Å². The van der Waals surface area contributed by atoms with Crippen LogP contribution < -0.4 is 0 Å². The van der Waals surface area contributed by atoms with E-state index < -0.39 is 0 Å². The van der Waals surface area contributed by atoms with Crippen LogP contribution in [0.1, 0.15) is 95.5 Å². The molecule has 2 aromatic rings. The third-order valence-electron chi connectivity index (χ3n) is 7.82. The number of halogens is 2. The maximum absolute atomic E-state index is 14.8. The number of rotatable bonds is 7. The molecule has 2 saturated carbocycles. The maximum atomic E-state index is 14.8. The van der Waals surface area contributed by atoms with Crippen LogP contribution in [0.15, 0.2) is 30.3 Å². The van der Waals surface area contributed by atoms with Crippen molar-refractivity contribution in [2.75, 3.05) is 0 Å². The van der Waals surface area contributed by atoms with E-state index in [9.17, 15) is 8.78 Å². The summed E-state index contributed by atoms with van der Waals surface area (Å²) < 4.78 is 28.8. The van der Waals surface area contributed by atoms with Gasteiger partial charge in [-0.3, -0.25) is 0 Å². The van der Waals surface area contributed by atoms with Gasteiger partial charge in [-0.15, -0.1) is 0 Å². The van der Waals surface area contributed by atoms with Crippen molar-refractivity contribution in [1.82, 2.24) is 0 Å². The Kier molecular flexibility index (Phi) is 6.88. The van der Waals surface area contributed by atoms with E-state index in [2.05, 4.69) is 6.92 Å². The molecule has 0 N–H and O–H groups in total. The number of unbranched alkanes of at least 4 members (excludes halogenated alkanes) is 4. The van der Waals surface area contributed by atoms with E-state index in [1.165, 1.54) is 76.3 Å². The van der Waals surface area contributed by atoms with E-state index in [1.807, 2.05) is 12.1 Å². The molecule has 4 rings (SSSR count). The normalized spacial score (nSPS) is 27.1. The molecule has 2 aromatic carbocycles. The Morgan fingerprint density at radius 1 is 0.828 bits per heavy atom. The second kappa shape index (κ2) is 9.58. The minimum Gasteiger partial charge on any atom is -0.207 e. The molecule has 0 nitrogen and oxygen atoms in total. The van der Waals surface area contributed by atoms with Gasteiger partial charge in [-0.05, 0) is 84.9 Å². The Balaban J connectivity index is 1.36. The second-order valence-corrected chi connectivity index (χ2v) is 9.75. The highest BCUT2D eigenvalue weighted by Crippen LogP contribution is 2.49. The van der Waals surface area contributed by atoms with Gasteiger partial charge in [0.25, 0.3) is 0 Å². The van der Waals surface area contributed by atoms with Gasteiger partial charge in [-0.2, -0.15) is 0 Å². The standard InChI is InChI=1S/C27H36F2/c1-2-3-4-5-6-8-19-11-12-21-16-23(14-13-20(21)15-19)24-17-22-9-7-10-26(28)25(22)18-27(24)29/h7,9-10,17-21,23H,2-6,8,11-16H2,1H3. The minimum atomic E-state index is -0.329. The van der Waals surface area contributed by atoms with Gasteiger partial charge in [0.05, 0.1) is 0 Å². The molecule has 0 amide bonds. The van der Waals surface area contributed by atoms with Crippen LogP contribution in [0.2, 0.25) is 0 Å². The molecule has 0 saturated heterocycles. The highest BCUT2D eigenvalue weighted by atomic mass is 19.1. The molecule has 2 heteroatoms. The summed E-state index contributed by atoms with van der Waals surface area (Å²) in [6.07, 6.45) is 15.9. The smallest absolute Gasteiger partial charge is 0.131 e. The summed E-state index contributed by atoms with van der Waals surface area (Å²) in [4.78, 5) is 0. The van der Waals surface area contributed by atoms with E-state index in [0.29, 0.717) is 11.3 Å². The van der Waals surface area contributed by atoms with E-state index >= 15 is 0 Å². The number of benzene rings is 2. The fourth-order valence-electron chi connectivity index (χ4n) is 6.16. The first-order chi connectivity index (χ1) is 14.2. The molecule has 0 aliphatic heterocycles. The lowest BCUT2D eigenvalue weighted by atomic mass is 9.63. The quantitative estimate of drug-likeness (QED) is 0.409. The van der Waals surface area contributed by atoms with Gasteiger partial charge in [-0.1, -0.05) is 64.0 Å². The largest absolute Gasteiger partial charge is 0.207 e. The molecule has 158 valence electrons. The first kappa shape index (κ1) is 20.8. The molecule has 4 unspecified atom stereocenters. The van der Waals surface area contributed by atoms with Crippen LogP contribution in [0, 0.1) is 29.4 Å². The first-order valence-corrected chi connectivity index (χ1v) is 12.0. The lowest BCUT2D eigenvalue weighted by Gasteiger charge is -2.42. The van der Waals surface area contributed by atoms with E-state index in [0.717, 1.165) is 41.5 Å². The predicted octanol–water partition coefficient (Wildman–Crippen LogP) is 8.78. The highest BCUT2D eigenvalue weighted by Gasteiger charge is 2.36. The Morgan fingerprint density at radius 3 is 2.48 bits per heavy atom. The number of hydrogen-bond donors (Lipinski definition) is 0. The van der Waals surface area contributed by atoms with Gasteiger partial charge in [0.15, 0.2) is 0 Å². The van der Waals surface area contributed by atoms with Crippen molar-refractivity contribution < 1.29 is 8.78 Å². The topological polar surface area (TPSA) is 0 Å². The molecule has 2 aliphatic rings. The van der Waals surface area contributed by atoms with Crippen molar-refractivity contribution in [2.24, 2.45) is 17.8 Å². The van der Waals surface area contributed by atoms with Crippen molar-refractivity contribution in [2.45, 2.75) is 89.9 Å². The van der Waals surface area contributed by atoms with Crippen molar-refractivity contribution in [3.05, 3.63) is 47.5 Å². The zero-order valence-corrected chi connectivity index (χ0v) is 17.9. The number of hydrogen-bond acceptors (Lipinski definition) is 0. The van der Waals surface area contributed by atoms with Gasteiger partial charge < -0.3 is 0 Å². The van der Waals surface area contributed by atoms with Crippen LogP contribution in [0.4, 0.5) is 8.78 Å². The summed E-state index contributed by atoms with van der Waals surface area (Å²) in [5.74, 6) is 2.29. The van der Waals surface area contributed by atoms with E-state index in [1.54, 1.807) is 6.07 Å². The molecule has 0 radical (unpaired) electrons. The fraction of sp³-hybridized carbons (Fsp3) is 0.630. The van der Waals surface area contributed by atoms with Crippen molar-refractivity contribution in [1.29, 1.82) is 0 Å². The Labute approximate surface area is 175 Å². The monoisotopic (exact) mass is 398 g/mol. The average molecular weight is 399 g/mol. The molecular weight excluding hydrogens is 362 g/mol. The molecule has 0 spiro atoms. The van der Waals surface area contributed by atoms with Gasteiger partial charge in [0.2, 0.25) is 0 Å². The highest BCUT2D eigenvalue weighted by molar-refractivity contribution is 5.84. The molecule has 0 heterocycles. The summed E-state index contributed by atoms with van der Waals surface area (Å²) in [6, 6.07) is 8.37. The predicted molar refractivity (Wildman–Crippen MR) is 118 cm³/mol. The van der Waals surface area contributed by atoms with Gasteiger partial charge >= 0.3 is 0 Å². The van der Waals surface area contributed by atoms with Crippen LogP contribution in [0.25, 0.3) is 10.8 Å². The van der Waals surface area contributed by atoms with Crippen LogP contribution in [-0.4, -0.2) is 0 Å². The molecule has 0 bridgehead atoms. The van der Waals surface area contributed by atoms with Crippen LogP contribution >= 0.6 is 0 Å². The third kappa shape index (κ3) is 4.84. The summed E-state index contributed by atoms with van der Waals surface area (Å²) in [6.45, 7) is 2.28. The molecule has 29 heavy (non-hydrogen) atoms. The summed E-state index contributed by atoms with van der Waals surface area (Å²) in [7, 11) is 0. The van der Waals surface area contributed by atoms with Crippen LogP contribution in [0.5, 0.6) is 0 Å². The fourth-order valence-corrected chi connectivity index (χ4v) is 6.16. The summed E-state index contributed by atoms with van der Waals surface area (Å²) >= 11 is 0. The average Bonchev–Trinajstić information content (AvgIpc) is 2.73. The van der Waals surface area contributed by atoms with Crippen molar-refractivity contribution >= 4 is 10.8 Å². The first-order valence-electron chi connectivity index (χ1n) is 12.0. The summed E-state index contributed by atoms with van der Waals surface area (Å²) in [5.41, 5.74) is 0.819. The lowest BCUT2D eigenvalue weighted by Crippen LogP contribution is -2.30. The SMILES string of the molecule is CCCCCCCC1CCC2CC(c3cc4cccc(F)c4cc3F)CCC2C1. The zero-order chi connectivity index (χ0) is 20.2. The minimum absolute atomic E-state index is 0.216. The molecular formula is C27H36F2. The molecule has 4 atom stereocenters. The number of fused-ring (bicyclic) bond motifs is 2. The third-order valence-corrected chi connectivity index (χ3v) is 7.82. The Hall–Kier alpha value is -1.44. The van der Waals surface area contributed by atoms with Gasteiger partial charge in [-0.25, -0.2) is 8.78 Å². The summed E-state index contributed by atoms with van der Waals surface area (Å²) in [5, 5.41) is 1.23. The van der Waals surface area contributed by atoms with Gasteiger partial charge in [0.1, 0.15) is 11.6 Å². The van der Waals surface area contributed by atoms with Crippen LogP contribution in [-0.2, 0) is 0 Å². The van der Waals surface area contributed by atoms with E-state index in [4.69, 9.17) is 0 Å². The Morgan fingerprint density at radius 2 is 1.62 bits per heavy atom. The Bertz CT molecular complexity index is 812. The molecule has 0 aromatic heterocycles. The molecule has 2 fully saturated rings. The lowest BCUT2D eigenvalue weighted by molar-refractivity contribution is 0.112.